The van der Waals surface area contributed by atoms with Crippen molar-refractivity contribution in [2.45, 2.75) is 51.0 Å². The molecule has 2 amide bonds. The van der Waals surface area contributed by atoms with E-state index in [1.165, 1.54) is 36.3 Å². The number of likely N-dealkylation sites (tertiary alicyclic amines) is 1. The van der Waals surface area contributed by atoms with Gasteiger partial charge in [0.25, 0.3) is 0 Å². The predicted octanol–water partition coefficient (Wildman–Crippen LogP) is 3.47. The Hall–Kier alpha value is -2.34. The SMILES string of the molecule is O=C1C2CC=CCC2C(=O)N1CCCN1CCN(c2ccccc2OC2CCCC2)CC1. The molecule has 0 spiro atoms. The molecule has 5 rings (SSSR count). The highest BCUT2D eigenvalue weighted by Crippen LogP contribution is 2.35. The quantitative estimate of drug-likeness (QED) is 0.483. The molecule has 2 saturated heterocycles. The van der Waals surface area contributed by atoms with Gasteiger partial charge in [-0.05, 0) is 63.6 Å². The van der Waals surface area contributed by atoms with Crippen molar-refractivity contribution >= 4 is 17.5 Å². The van der Waals surface area contributed by atoms with Crippen LogP contribution >= 0.6 is 0 Å². The third-order valence-corrected chi connectivity index (χ3v) is 7.63. The number of benzene rings is 1. The van der Waals surface area contributed by atoms with E-state index >= 15 is 0 Å². The molecule has 0 radical (unpaired) electrons. The van der Waals surface area contributed by atoms with E-state index in [1.807, 2.05) is 12.2 Å². The maximum absolute atomic E-state index is 12.6. The fourth-order valence-electron chi connectivity index (χ4n) is 5.76. The van der Waals surface area contributed by atoms with Crippen molar-refractivity contribution in [2.24, 2.45) is 11.8 Å². The Kier molecular flexibility index (Phi) is 6.49. The van der Waals surface area contributed by atoms with E-state index in [4.69, 9.17) is 4.74 Å². The molecular formula is C26H35N3O3. The first-order valence-corrected chi connectivity index (χ1v) is 12.4. The summed E-state index contributed by atoms with van der Waals surface area (Å²) < 4.78 is 6.34. The Morgan fingerprint density at radius 2 is 1.50 bits per heavy atom. The number of fused-ring (bicyclic) bond motifs is 1. The first-order valence-electron chi connectivity index (χ1n) is 12.4. The smallest absolute Gasteiger partial charge is 0.233 e. The zero-order valence-corrected chi connectivity index (χ0v) is 19.0. The highest BCUT2D eigenvalue weighted by Gasteiger charge is 2.46. The summed E-state index contributed by atoms with van der Waals surface area (Å²) >= 11 is 0. The number of rotatable bonds is 7. The van der Waals surface area contributed by atoms with E-state index in [-0.39, 0.29) is 23.7 Å². The Labute approximate surface area is 191 Å². The van der Waals surface area contributed by atoms with Crippen molar-refractivity contribution in [3.63, 3.8) is 0 Å². The number of hydrogen-bond donors (Lipinski definition) is 0. The molecule has 1 saturated carbocycles. The van der Waals surface area contributed by atoms with Gasteiger partial charge in [-0.2, -0.15) is 0 Å². The van der Waals surface area contributed by atoms with E-state index in [0.717, 1.165) is 57.7 Å². The van der Waals surface area contributed by atoms with Crippen molar-refractivity contribution < 1.29 is 14.3 Å². The van der Waals surface area contributed by atoms with Crippen molar-refractivity contribution in [1.29, 1.82) is 0 Å². The minimum Gasteiger partial charge on any atom is -0.488 e. The summed E-state index contributed by atoms with van der Waals surface area (Å²) in [6.07, 6.45) is 11.7. The van der Waals surface area contributed by atoms with Crippen molar-refractivity contribution in [2.75, 3.05) is 44.2 Å². The summed E-state index contributed by atoms with van der Waals surface area (Å²) in [4.78, 5) is 31.7. The fourth-order valence-corrected chi connectivity index (χ4v) is 5.76. The molecule has 0 aromatic heterocycles. The van der Waals surface area contributed by atoms with Crippen molar-refractivity contribution in [3.05, 3.63) is 36.4 Å². The monoisotopic (exact) mass is 437 g/mol. The van der Waals surface area contributed by atoms with E-state index < -0.39 is 0 Å². The summed E-state index contributed by atoms with van der Waals surface area (Å²) in [6.45, 7) is 5.43. The third-order valence-electron chi connectivity index (χ3n) is 7.63. The number of carbonyl (C=O) groups is 2. The third kappa shape index (κ3) is 4.42. The zero-order chi connectivity index (χ0) is 21.9. The standard InChI is InChI=1S/C26H35N3O3/c30-25-21-10-3-4-11-22(21)26(31)29(25)15-7-14-27-16-18-28(19-17-27)23-12-5-6-13-24(23)32-20-8-1-2-9-20/h3-6,12-13,20-22H,1-2,7-11,14-19H2. The second kappa shape index (κ2) is 9.65. The average Bonchev–Trinajstić information content (AvgIpc) is 3.43. The second-order valence-corrected chi connectivity index (χ2v) is 9.66. The summed E-state index contributed by atoms with van der Waals surface area (Å²) in [5.74, 6) is 0.904. The Morgan fingerprint density at radius 1 is 0.844 bits per heavy atom. The molecule has 32 heavy (non-hydrogen) atoms. The van der Waals surface area contributed by atoms with Gasteiger partial charge in [-0.15, -0.1) is 0 Å². The number of hydrogen-bond acceptors (Lipinski definition) is 5. The van der Waals surface area contributed by atoms with Crippen LogP contribution in [0.5, 0.6) is 5.75 Å². The first-order chi connectivity index (χ1) is 15.7. The van der Waals surface area contributed by atoms with Crippen LogP contribution in [0.15, 0.2) is 36.4 Å². The molecule has 2 aliphatic heterocycles. The van der Waals surface area contributed by atoms with Gasteiger partial charge in [0.2, 0.25) is 11.8 Å². The highest BCUT2D eigenvalue weighted by atomic mass is 16.5. The topological polar surface area (TPSA) is 53.1 Å². The number of allylic oxidation sites excluding steroid dienone is 2. The number of para-hydroxylation sites is 2. The molecule has 1 aromatic carbocycles. The van der Waals surface area contributed by atoms with Gasteiger partial charge in [-0.25, -0.2) is 0 Å². The minimum atomic E-state index is -0.109. The van der Waals surface area contributed by atoms with Crippen LogP contribution in [0.1, 0.15) is 44.9 Å². The predicted molar refractivity (Wildman–Crippen MR) is 125 cm³/mol. The average molecular weight is 438 g/mol. The lowest BCUT2D eigenvalue weighted by Crippen LogP contribution is -2.47. The maximum Gasteiger partial charge on any atom is 0.233 e. The van der Waals surface area contributed by atoms with Crippen LogP contribution in [0.4, 0.5) is 5.69 Å². The van der Waals surface area contributed by atoms with Crippen LogP contribution in [0.2, 0.25) is 0 Å². The summed E-state index contributed by atoms with van der Waals surface area (Å²) in [5.41, 5.74) is 1.21. The van der Waals surface area contributed by atoms with Gasteiger partial charge in [0.1, 0.15) is 5.75 Å². The highest BCUT2D eigenvalue weighted by molar-refractivity contribution is 6.05. The van der Waals surface area contributed by atoms with Gasteiger partial charge >= 0.3 is 0 Å². The van der Waals surface area contributed by atoms with Gasteiger partial charge < -0.3 is 9.64 Å². The number of nitrogens with zero attached hydrogens (tertiary/aromatic N) is 3. The number of carbonyl (C=O) groups excluding carboxylic acids is 2. The molecule has 2 atom stereocenters. The molecule has 2 unspecified atom stereocenters. The molecule has 6 heteroatoms. The van der Waals surface area contributed by atoms with Gasteiger partial charge in [-0.1, -0.05) is 24.3 Å². The number of piperazine rings is 1. The molecule has 4 aliphatic rings. The maximum atomic E-state index is 12.6. The van der Waals surface area contributed by atoms with Crippen molar-refractivity contribution in [1.82, 2.24) is 9.80 Å². The van der Waals surface area contributed by atoms with Crippen LogP contribution < -0.4 is 9.64 Å². The molecular weight excluding hydrogens is 402 g/mol. The van der Waals surface area contributed by atoms with Crippen molar-refractivity contribution in [3.8, 4) is 5.75 Å². The molecule has 2 aliphatic carbocycles. The lowest BCUT2D eigenvalue weighted by Gasteiger charge is -2.37. The Balaban J connectivity index is 1.09. The normalized spacial score (nSPS) is 26.8. The zero-order valence-electron chi connectivity index (χ0n) is 19.0. The largest absolute Gasteiger partial charge is 0.488 e. The molecule has 3 fully saturated rings. The van der Waals surface area contributed by atoms with Crippen LogP contribution in [0, 0.1) is 11.8 Å². The lowest BCUT2D eigenvalue weighted by molar-refractivity contribution is -0.140. The summed E-state index contributed by atoms with van der Waals surface area (Å²) in [6, 6.07) is 8.45. The lowest BCUT2D eigenvalue weighted by atomic mass is 9.85. The second-order valence-electron chi connectivity index (χ2n) is 9.66. The molecule has 1 aromatic rings. The van der Waals surface area contributed by atoms with E-state index in [2.05, 4.69) is 34.1 Å². The summed E-state index contributed by atoms with van der Waals surface area (Å²) in [5, 5.41) is 0. The molecule has 6 nitrogen and oxygen atoms in total. The molecule has 0 N–H and O–H groups in total. The molecule has 2 heterocycles. The Morgan fingerprint density at radius 3 is 2.19 bits per heavy atom. The Bertz CT molecular complexity index is 830. The number of anilines is 1. The van der Waals surface area contributed by atoms with E-state index in [0.29, 0.717) is 12.6 Å². The van der Waals surface area contributed by atoms with Crippen LogP contribution in [-0.4, -0.2) is 67.0 Å². The van der Waals surface area contributed by atoms with E-state index in [1.54, 1.807) is 0 Å². The van der Waals surface area contributed by atoms with Gasteiger partial charge in [0.15, 0.2) is 0 Å². The van der Waals surface area contributed by atoms with E-state index in [9.17, 15) is 9.59 Å². The van der Waals surface area contributed by atoms with Crippen LogP contribution in [-0.2, 0) is 9.59 Å². The van der Waals surface area contributed by atoms with Crippen LogP contribution in [0.25, 0.3) is 0 Å². The number of imide groups is 1. The molecule has 172 valence electrons. The first kappa shape index (κ1) is 21.5. The number of ether oxygens (including phenoxy) is 1. The molecule has 0 bridgehead atoms. The number of amides is 2. The van der Waals surface area contributed by atoms with Gasteiger partial charge in [-0.3, -0.25) is 19.4 Å². The van der Waals surface area contributed by atoms with Crippen LogP contribution in [0.3, 0.4) is 0 Å². The minimum absolute atomic E-state index is 0.0491. The summed E-state index contributed by atoms with van der Waals surface area (Å²) in [7, 11) is 0. The van der Waals surface area contributed by atoms with Gasteiger partial charge in [0.05, 0.1) is 23.6 Å². The fraction of sp³-hybridized carbons (Fsp3) is 0.615. The van der Waals surface area contributed by atoms with Gasteiger partial charge in [0, 0.05) is 32.7 Å².